The highest BCUT2D eigenvalue weighted by Crippen LogP contribution is 2.30. The first-order valence-corrected chi connectivity index (χ1v) is 6.53. The van der Waals surface area contributed by atoms with Crippen LogP contribution in [0.1, 0.15) is 37.3 Å². The van der Waals surface area contributed by atoms with E-state index in [0.717, 1.165) is 24.1 Å². The molecule has 18 heavy (non-hydrogen) atoms. The second kappa shape index (κ2) is 6.45. The van der Waals surface area contributed by atoms with Crippen molar-refractivity contribution in [2.75, 3.05) is 6.54 Å². The van der Waals surface area contributed by atoms with E-state index in [1.54, 1.807) is 6.08 Å². The molecular weight excluding hydrogens is 224 g/mol. The fraction of sp³-hybridized carbons (Fsp3) is 0.400. The Kier molecular flexibility index (Phi) is 4.65. The molecule has 0 amide bonds. The minimum absolute atomic E-state index is 0.644. The van der Waals surface area contributed by atoms with Gasteiger partial charge in [0.15, 0.2) is 6.04 Å². The molecule has 0 aliphatic heterocycles. The molecule has 1 atom stereocenters. The van der Waals surface area contributed by atoms with Gasteiger partial charge >= 0.3 is 0 Å². The summed E-state index contributed by atoms with van der Waals surface area (Å²) in [5.41, 5.74) is 2.07. The van der Waals surface area contributed by atoms with Crippen LogP contribution in [-0.4, -0.2) is 17.8 Å². The van der Waals surface area contributed by atoms with Crippen molar-refractivity contribution in [2.24, 2.45) is 10.2 Å². The van der Waals surface area contributed by atoms with Gasteiger partial charge in [0.1, 0.15) is 6.10 Å². The summed E-state index contributed by atoms with van der Waals surface area (Å²) < 4.78 is 0. The Balaban J connectivity index is 2.05. The van der Waals surface area contributed by atoms with Gasteiger partial charge in [-0.05, 0) is 17.5 Å². The molecule has 1 unspecified atom stereocenters. The first kappa shape index (κ1) is 13.0. The van der Waals surface area contributed by atoms with Crippen molar-refractivity contribution in [1.29, 1.82) is 0 Å². The molecule has 3 heteroatoms. The van der Waals surface area contributed by atoms with E-state index < -0.39 is 6.10 Å². The van der Waals surface area contributed by atoms with Crippen molar-refractivity contribution >= 4 is 6.08 Å². The molecule has 0 saturated carbocycles. The molecule has 1 N–H and O–H groups in total. The van der Waals surface area contributed by atoms with E-state index in [1.165, 1.54) is 12.8 Å². The average Bonchev–Trinajstić information content (AvgIpc) is 2.41. The van der Waals surface area contributed by atoms with Gasteiger partial charge in [-0.2, -0.15) is 10.2 Å². The Hall–Kier alpha value is -1.48. The zero-order valence-corrected chi connectivity index (χ0v) is 10.7. The third-order valence-corrected chi connectivity index (χ3v) is 3.02. The summed E-state index contributed by atoms with van der Waals surface area (Å²) in [6, 6.07) is 8.59. The van der Waals surface area contributed by atoms with E-state index in [2.05, 4.69) is 17.2 Å². The standard InChI is InChI=1S/C15H19N2O/c1-2-3-6-11-16-17-15-13-8-5-4-7-12(13)9-10-14(15)18/h4-5,7-10,14,18H,2-3,6,11H2,1H3/b17-16+. The van der Waals surface area contributed by atoms with Crippen LogP contribution >= 0.6 is 0 Å². The Bertz CT molecular complexity index is 440. The van der Waals surface area contributed by atoms with Crippen molar-refractivity contribution in [3.05, 3.63) is 47.5 Å². The maximum Gasteiger partial charge on any atom is 0.170 e. The van der Waals surface area contributed by atoms with Gasteiger partial charge < -0.3 is 5.11 Å². The van der Waals surface area contributed by atoms with Crippen LogP contribution in [-0.2, 0) is 0 Å². The van der Waals surface area contributed by atoms with Gasteiger partial charge in [-0.15, -0.1) is 0 Å². The number of unbranched alkanes of at least 4 members (excludes halogenated alkanes) is 2. The van der Waals surface area contributed by atoms with E-state index in [0.29, 0.717) is 6.04 Å². The second-order valence-corrected chi connectivity index (χ2v) is 4.45. The molecule has 0 spiro atoms. The van der Waals surface area contributed by atoms with Crippen molar-refractivity contribution < 1.29 is 5.11 Å². The summed E-state index contributed by atoms with van der Waals surface area (Å²) in [5, 5.41) is 18.3. The van der Waals surface area contributed by atoms with E-state index in [4.69, 9.17) is 0 Å². The molecule has 1 aliphatic carbocycles. The van der Waals surface area contributed by atoms with Crippen LogP contribution in [0.15, 0.2) is 40.6 Å². The Morgan fingerprint density at radius 1 is 1.22 bits per heavy atom. The molecule has 0 fully saturated rings. The zero-order valence-electron chi connectivity index (χ0n) is 10.7. The number of hydrogen-bond acceptors (Lipinski definition) is 3. The molecule has 3 nitrogen and oxygen atoms in total. The summed E-state index contributed by atoms with van der Waals surface area (Å²) in [4.78, 5) is 0. The van der Waals surface area contributed by atoms with Crippen LogP contribution in [0.3, 0.4) is 0 Å². The number of benzene rings is 1. The number of aliphatic hydroxyl groups is 1. The molecule has 0 bridgehead atoms. The maximum absolute atomic E-state index is 9.94. The van der Waals surface area contributed by atoms with Crippen LogP contribution in [0.5, 0.6) is 0 Å². The Labute approximate surface area is 108 Å². The molecule has 1 aromatic carbocycles. The SMILES string of the molecule is CCCCC/N=N/[C]1c2ccccc2C=CC1O. The third kappa shape index (κ3) is 3.05. The number of aliphatic hydroxyl groups excluding tert-OH is 1. The second-order valence-electron chi connectivity index (χ2n) is 4.45. The van der Waals surface area contributed by atoms with Gasteiger partial charge in [-0.25, -0.2) is 0 Å². The normalized spacial score (nSPS) is 19.3. The predicted molar refractivity (Wildman–Crippen MR) is 73.1 cm³/mol. The Morgan fingerprint density at radius 2 is 2.06 bits per heavy atom. The minimum atomic E-state index is -0.644. The van der Waals surface area contributed by atoms with Crippen LogP contribution in [0.2, 0.25) is 0 Å². The van der Waals surface area contributed by atoms with Gasteiger partial charge in [0, 0.05) is 0 Å². The first-order valence-electron chi connectivity index (χ1n) is 6.53. The van der Waals surface area contributed by atoms with Crippen LogP contribution in [0.25, 0.3) is 6.08 Å². The summed E-state index contributed by atoms with van der Waals surface area (Å²) in [6.45, 7) is 2.90. The molecule has 2 rings (SSSR count). The lowest BCUT2D eigenvalue weighted by atomic mass is 9.91. The molecule has 0 aromatic heterocycles. The summed E-state index contributed by atoms with van der Waals surface area (Å²) in [5.74, 6) is 0. The largest absolute Gasteiger partial charge is 0.386 e. The van der Waals surface area contributed by atoms with Gasteiger partial charge in [-0.3, -0.25) is 0 Å². The maximum atomic E-state index is 9.94. The van der Waals surface area contributed by atoms with E-state index in [9.17, 15) is 5.11 Å². The number of nitrogens with zero attached hydrogens (tertiary/aromatic N) is 2. The highest BCUT2D eigenvalue weighted by Gasteiger charge is 2.25. The number of hydrogen-bond donors (Lipinski definition) is 1. The molecule has 1 radical (unpaired) electrons. The smallest absolute Gasteiger partial charge is 0.170 e. The molecule has 0 heterocycles. The fourth-order valence-corrected chi connectivity index (χ4v) is 1.99. The van der Waals surface area contributed by atoms with Crippen molar-refractivity contribution in [3.8, 4) is 0 Å². The van der Waals surface area contributed by atoms with Gasteiger partial charge in [-0.1, -0.05) is 56.2 Å². The van der Waals surface area contributed by atoms with Gasteiger partial charge in [0.2, 0.25) is 0 Å². The zero-order chi connectivity index (χ0) is 12.8. The number of fused-ring (bicyclic) bond motifs is 1. The highest BCUT2D eigenvalue weighted by molar-refractivity contribution is 5.62. The summed E-state index contributed by atoms with van der Waals surface area (Å²) in [6.07, 6.45) is 6.45. The van der Waals surface area contributed by atoms with Gasteiger partial charge in [0.05, 0.1) is 6.54 Å². The highest BCUT2D eigenvalue weighted by atomic mass is 16.3. The van der Waals surface area contributed by atoms with Crippen molar-refractivity contribution in [1.82, 2.24) is 0 Å². The van der Waals surface area contributed by atoms with E-state index in [-0.39, 0.29) is 0 Å². The lowest BCUT2D eigenvalue weighted by molar-refractivity contribution is 0.236. The minimum Gasteiger partial charge on any atom is -0.386 e. The number of rotatable bonds is 5. The van der Waals surface area contributed by atoms with Crippen molar-refractivity contribution in [3.63, 3.8) is 0 Å². The van der Waals surface area contributed by atoms with Crippen LogP contribution in [0.4, 0.5) is 0 Å². The number of azo groups is 1. The van der Waals surface area contributed by atoms with Crippen LogP contribution < -0.4 is 0 Å². The summed E-state index contributed by atoms with van der Waals surface area (Å²) >= 11 is 0. The predicted octanol–water partition coefficient (Wildman–Crippen LogP) is 3.60. The molecule has 0 saturated heterocycles. The molecule has 1 aliphatic rings. The van der Waals surface area contributed by atoms with Crippen LogP contribution in [0, 0.1) is 6.04 Å². The molecule has 95 valence electrons. The van der Waals surface area contributed by atoms with E-state index >= 15 is 0 Å². The average molecular weight is 243 g/mol. The third-order valence-electron chi connectivity index (χ3n) is 3.02. The first-order chi connectivity index (χ1) is 8.83. The Morgan fingerprint density at radius 3 is 2.89 bits per heavy atom. The lowest BCUT2D eigenvalue weighted by Crippen LogP contribution is -2.18. The quantitative estimate of drug-likeness (QED) is 0.623. The lowest BCUT2D eigenvalue weighted by Gasteiger charge is -2.20. The topological polar surface area (TPSA) is 45.0 Å². The monoisotopic (exact) mass is 243 g/mol. The fourth-order valence-electron chi connectivity index (χ4n) is 1.99. The molecule has 1 aromatic rings. The van der Waals surface area contributed by atoms with Gasteiger partial charge in [0.25, 0.3) is 0 Å². The van der Waals surface area contributed by atoms with Crippen molar-refractivity contribution in [2.45, 2.75) is 32.3 Å². The van der Waals surface area contributed by atoms with E-state index in [1.807, 2.05) is 30.3 Å². The molecular formula is C15H19N2O. The summed E-state index contributed by atoms with van der Waals surface area (Å²) in [7, 11) is 0.